The second kappa shape index (κ2) is 10.5. The fourth-order valence-electron chi connectivity index (χ4n) is 4.96. The Labute approximate surface area is 214 Å². The number of aromatic carboxylic acids is 1. The lowest BCUT2D eigenvalue weighted by atomic mass is 10.1. The van der Waals surface area contributed by atoms with Crippen LogP contribution in [-0.4, -0.2) is 55.1 Å². The first kappa shape index (κ1) is 25.9. The summed E-state index contributed by atoms with van der Waals surface area (Å²) < 4.78 is 28.8. The summed E-state index contributed by atoms with van der Waals surface area (Å²) in [7, 11) is 3.08. The van der Waals surface area contributed by atoms with Gasteiger partial charge in [-0.05, 0) is 24.5 Å². The van der Waals surface area contributed by atoms with E-state index in [1.807, 2.05) is 35.2 Å². The molecule has 8 nitrogen and oxygen atoms in total. The number of ether oxygens (including phenoxy) is 2. The predicted octanol–water partition coefficient (Wildman–Crippen LogP) is 3.60. The SMILES string of the molecule is COc1c(N2CC(NCc3ccccc3)C(OC)C2)c(F)cc2c(=O)c(C(=O)O)cn(C3CC3)c12.Cl. The van der Waals surface area contributed by atoms with Gasteiger partial charge in [0.25, 0.3) is 0 Å². The first-order chi connectivity index (χ1) is 16.9. The second-order valence-electron chi connectivity index (χ2n) is 9.10. The van der Waals surface area contributed by atoms with Crippen LogP contribution in [0.1, 0.15) is 34.8 Å². The van der Waals surface area contributed by atoms with Gasteiger partial charge in [0.2, 0.25) is 5.43 Å². The summed E-state index contributed by atoms with van der Waals surface area (Å²) in [6, 6.07) is 11.1. The Kier molecular flexibility index (Phi) is 7.54. The van der Waals surface area contributed by atoms with Crippen LogP contribution >= 0.6 is 12.4 Å². The molecule has 1 aromatic heterocycles. The molecule has 36 heavy (non-hydrogen) atoms. The van der Waals surface area contributed by atoms with Crippen molar-refractivity contribution in [1.82, 2.24) is 9.88 Å². The molecule has 2 heterocycles. The van der Waals surface area contributed by atoms with E-state index in [-0.39, 0.29) is 53.0 Å². The van der Waals surface area contributed by atoms with Crippen molar-refractivity contribution in [3.05, 3.63) is 69.8 Å². The molecule has 10 heteroatoms. The van der Waals surface area contributed by atoms with E-state index in [2.05, 4.69) is 5.32 Å². The lowest BCUT2D eigenvalue weighted by Crippen LogP contribution is -2.39. The molecule has 5 rings (SSSR count). The van der Waals surface area contributed by atoms with E-state index in [0.29, 0.717) is 25.2 Å². The highest BCUT2D eigenvalue weighted by atomic mass is 35.5. The molecule has 2 aliphatic rings. The molecule has 2 aromatic carbocycles. The maximum absolute atomic E-state index is 15.6. The van der Waals surface area contributed by atoms with Gasteiger partial charge in [-0.1, -0.05) is 30.3 Å². The molecule has 1 aliphatic carbocycles. The van der Waals surface area contributed by atoms with Crippen LogP contribution in [0.15, 0.2) is 47.4 Å². The third-order valence-corrected chi connectivity index (χ3v) is 6.87. The molecule has 3 aromatic rings. The van der Waals surface area contributed by atoms with E-state index in [1.54, 1.807) is 11.7 Å². The average Bonchev–Trinajstić information content (AvgIpc) is 3.62. The lowest BCUT2D eigenvalue weighted by molar-refractivity contribution is 0.0694. The number of pyridine rings is 1. The van der Waals surface area contributed by atoms with Crippen molar-refractivity contribution in [3.63, 3.8) is 0 Å². The standard InChI is InChI=1S/C26H28FN3O5.ClH/c1-34-21-14-29(13-20(21)28-11-15-6-4-3-5-7-15)23-19(27)10-17-22(25(23)35-2)30(16-8-9-16)12-18(24(17)31)26(32)33;/h3-7,10,12,16,20-21,28H,8-9,11,13-14H2,1-2H3,(H,32,33);1H. The summed E-state index contributed by atoms with van der Waals surface area (Å²) in [5, 5.41) is 13.0. The number of aromatic nitrogens is 1. The molecule has 1 saturated carbocycles. The van der Waals surface area contributed by atoms with Crippen molar-refractivity contribution in [1.29, 1.82) is 0 Å². The van der Waals surface area contributed by atoms with E-state index in [9.17, 15) is 14.7 Å². The fourth-order valence-corrected chi connectivity index (χ4v) is 4.96. The van der Waals surface area contributed by atoms with Gasteiger partial charge in [-0.3, -0.25) is 4.79 Å². The minimum Gasteiger partial charge on any atom is -0.492 e. The van der Waals surface area contributed by atoms with Gasteiger partial charge in [-0.2, -0.15) is 0 Å². The summed E-state index contributed by atoms with van der Waals surface area (Å²) in [6.07, 6.45) is 2.89. The van der Waals surface area contributed by atoms with Gasteiger partial charge in [0.15, 0.2) is 11.6 Å². The molecular weight excluding hydrogens is 489 g/mol. The maximum atomic E-state index is 15.6. The number of carboxylic acids is 1. The Bertz CT molecular complexity index is 1330. The van der Waals surface area contributed by atoms with Gasteiger partial charge in [-0.25, -0.2) is 9.18 Å². The average molecular weight is 518 g/mol. The summed E-state index contributed by atoms with van der Waals surface area (Å²) in [5.41, 5.74) is 0.730. The fraction of sp³-hybridized carbons (Fsp3) is 0.385. The predicted molar refractivity (Wildman–Crippen MR) is 137 cm³/mol. The van der Waals surface area contributed by atoms with Crippen LogP contribution in [0.4, 0.5) is 10.1 Å². The highest BCUT2D eigenvalue weighted by Crippen LogP contribution is 2.44. The third kappa shape index (κ3) is 4.66. The van der Waals surface area contributed by atoms with Gasteiger partial charge in [-0.15, -0.1) is 12.4 Å². The summed E-state index contributed by atoms with van der Waals surface area (Å²) in [4.78, 5) is 26.5. The lowest BCUT2D eigenvalue weighted by Gasteiger charge is -2.24. The Morgan fingerprint density at radius 1 is 1.19 bits per heavy atom. The van der Waals surface area contributed by atoms with E-state index in [0.717, 1.165) is 24.5 Å². The number of halogens is 2. The van der Waals surface area contributed by atoms with Gasteiger partial charge >= 0.3 is 5.97 Å². The largest absolute Gasteiger partial charge is 0.492 e. The van der Waals surface area contributed by atoms with Crippen molar-refractivity contribution in [2.75, 3.05) is 32.2 Å². The Morgan fingerprint density at radius 3 is 2.53 bits per heavy atom. The van der Waals surface area contributed by atoms with E-state index >= 15 is 4.39 Å². The van der Waals surface area contributed by atoms with Crippen LogP contribution in [0.2, 0.25) is 0 Å². The van der Waals surface area contributed by atoms with E-state index in [1.165, 1.54) is 13.3 Å². The zero-order chi connectivity index (χ0) is 24.7. The molecule has 0 spiro atoms. The summed E-state index contributed by atoms with van der Waals surface area (Å²) >= 11 is 0. The number of nitrogens with one attached hydrogen (secondary N) is 1. The highest BCUT2D eigenvalue weighted by Gasteiger charge is 2.37. The molecule has 0 radical (unpaired) electrons. The van der Waals surface area contributed by atoms with Crippen molar-refractivity contribution >= 4 is 35.0 Å². The highest BCUT2D eigenvalue weighted by molar-refractivity contribution is 5.97. The van der Waals surface area contributed by atoms with E-state index in [4.69, 9.17) is 9.47 Å². The number of carboxylic acid groups (broad SMARTS) is 1. The normalized spacial score (nSPS) is 19.4. The van der Waals surface area contributed by atoms with Crippen molar-refractivity contribution in [2.45, 2.75) is 37.6 Å². The van der Waals surface area contributed by atoms with Crippen LogP contribution in [-0.2, 0) is 11.3 Å². The molecule has 0 bridgehead atoms. The second-order valence-corrected chi connectivity index (χ2v) is 9.10. The first-order valence-electron chi connectivity index (χ1n) is 11.7. The first-order valence-corrected chi connectivity index (χ1v) is 11.7. The number of anilines is 1. The van der Waals surface area contributed by atoms with Crippen molar-refractivity contribution in [3.8, 4) is 5.75 Å². The van der Waals surface area contributed by atoms with Crippen LogP contribution in [0, 0.1) is 5.82 Å². The summed E-state index contributed by atoms with van der Waals surface area (Å²) in [6.45, 7) is 1.56. The molecule has 2 unspecified atom stereocenters. The van der Waals surface area contributed by atoms with Gasteiger partial charge in [0.1, 0.15) is 11.3 Å². The number of carbonyl (C=O) groups is 1. The number of benzene rings is 2. The molecule has 2 atom stereocenters. The number of methoxy groups -OCH3 is 2. The topological polar surface area (TPSA) is 93.0 Å². The zero-order valence-corrected chi connectivity index (χ0v) is 20.9. The van der Waals surface area contributed by atoms with Crippen LogP contribution in [0.25, 0.3) is 10.9 Å². The smallest absolute Gasteiger partial charge is 0.341 e. The molecular formula is C26H29ClFN3O5. The minimum atomic E-state index is -1.33. The number of nitrogens with zero attached hydrogens (tertiary/aromatic N) is 2. The van der Waals surface area contributed by atoms with E-state index < -0.39 is 17.2 Å². The minimum absolute atomic E-state index is 0. The summed E-state index contributed by atoms with van der Waals surface area (Å²) in [5.74, 6) is -1.72. The quantitative estimate of drug-likeness (QED) is 0.471. The van der Waals surface area contributed by atoms with Crippen LogP contribution < -0.4 is 20.4 Å². The van der Waals surface area contributed by atoms with Gasteiger partial charge in [0.05, 0.1) is 30.2 Å². The third-order valence-electron chi connectivity index (χ3n) is 6.87. The molecule has 1 aliphatic heterocycles. The molecule has 2 fully saturated rings. The molecule has 0 amide bonds. The molecule has 1 saturated heterocycles. The van der Waals surface area contributed by atoms with Crippen molar-refractivity contribution < 1.29 is 23.8 Å². The number of rotatable bonds is 8. The Morgan fingerprint density at radius 2 is 1.92 bits per heavy atom. The molecule has 2 N–H and O–H groups in total. The van der Waals surface area contributed by atoms with Gasteiger partial charge in [0, 0.05) is 39.0 Å². The zero-order valence-electron chi connectivity index (χ0n) is 20.1. The number of fused-ring (bicyclic) bond motifs is 1. The Balaban J connectivity index is 0.00000304. The number of hydrogen-bond donors (Lipinski definition) is 2. The van der Waals surface area contributed by atoms with Crippen LogP contribution in [0.5, 0.6) is 5.75 Å². The monoisotopic (exact) mass is 517 g/mol. The van der Waals surface area contributed by atoms with Crippen molar-refractivity contribution in [2.24, 2.45) is 0 Å². The maximum Gasteiger partial charge on any atom is 0.341 e. The van der Waals surface area contributed by atoms with Gasteiger partial charge < -0.3 is 29.4 Å². The van der Waals surface area contributed by atoms with Crippen LogP contribution in [0.3, 0.4) is 0 Å². The number of hydrogen-bond acceptors (Lipinski definition) is 6. The molecule has 192 valence electrons. The Hall–Kier alpha value is -3.14.